The topological polar surface area (TPSA) is 142 Å². The second kappa shape index (κ2) is 24.0. The minimum absolute atomic E-state index is 0. The number of aryl methyl sites for hydroxylation is 4. The van der Waals surface area contributed by atoms with Gasteiger partial charge in [0.25, 0.3) is 0 Å². The summed E-state index contributed by atoms with van der Waals surface area (Å²) in [6, 6.07) is 20.9. The molecule has 4 aromatic carbocycles. The molecule has 10 heteroatoms. The smallest absolute Gasteiger partial charge is 0.872 e. The molecule has 0 aromatic heterocycles. The van der Waals surface area contributed by atoms with Crippen LogP contribution in [0, 0.1) is 27.7 Å². The second-order valence-corrected chi connectivity index (χ2v) is 11.7. The van der Waals surface area contributed by atoms with Gasteiger partial charge in [0.15, 0.2) is 0 Å². The van der Waals surface area contributed by atoms with E-state index < -0.39 is 0 Å². The van der Waals surface area contributed by atoms with Crippen molar-refractivity contribution in [3.63, 3.8) is 0 Å². The third-order valence-corrected chi connectivity index (χ3v) is 7.23. The van der Waals surface area contributed by atoms with Crippen LogP contribution in [0.2, 0.25) is 0 Å². The molecule has 0 atom stereocenters. The molecule has 0 aliphatic rings. The van der Waals surface area contributed by atoms with Crippen molar-refractivity contribution in [2.24, 2.45) is 20.0 Å². The minimum atomic E-state index is 0. The Bertz CT molecular complexity index is 1480. The number of rotatable bonds is 14. The maximum atomic E-state index is 11.6. The number of nitrogens with zero attached hydrogens (tertiary/aromatic N) is 4. The average molecular weight is 772 g/mol. The number of benzene rings is 4. The Morgan fingerprint density at radius 3 is 0.780 bits per heavy atom. The van der Waals surface area contributed by atoms with Gasteiger partial charge in [0.2, 0.25) is 0 Å². The summed E-state index contributed by atoms with van der Waals surface area (Å²) in [6.07, 6.45) is 10.2. The van der Waals surface area contributed by atoms with Gasteiger partial charge in [-0.1, -0.05) is 95.1 Å². The van der Waals surface area contributed by atoms with E-state index in [4.69, 9.17) is 0 Å². The van der Waals surface area contributed by atoms with Gasteiger partial charge in [0.05, 0.1) is 0 Å². The van der Waals surface area contributed by atoms with Crippen LogP contribution in [0.25, 0.3) is 0 Å². The zero-order valence-electron chi connectivity index (χ0n) is 28.9. The molecule has 4 aromatic rings. The molecule has 0 aliphatic heterocycles. The molecule has 0 amide bonds. The van der Waals surface area contributed by atoms with Crippen LogP contribution in [0.4, 0.5) is 0 Å². The Morgan fingerprint density at radius 1 is 0.380 bits per heavy atom. The summed E-state index contributed by atoms with van der Waals surface area (Å²) in [7, 11) is 0. The molecule has 0 saturated carbocycles. The quantitative estimate of drug-likeness (QED) is 0.0944. The standard InChI is InChI=1S/2C20H24N2O2.2Cu/c2*1-15-5-7-19(23)17(11-15)13-21-9-3-4-10-22-14-18-12-16(2)6-8-20(18)24;;/h2*5-8,11-14,23-24H,3-4,9-10H2,1-2H3;;/q;;2*+2/p-4. The van der Waals surface area contributed by atoms with Crippen LogP contribution >= 0.6 is 0 Å². The van der Waals surface area contributed by atoms with Gasteiger partial charge in [-0.15, -0.1) is 23.0 Å². The molecular formula is C40H44Cu2N4O4. The fraction of sp³-hybridized carbons (Fsp3) is 0.300. The minimum Gasteiger partial charge on any atom is -0.872 e. The fourth-order valence-corrected chi connectivity index (χ4v) is 4.54. The monoisotopic (exact) mass is 770 g/mol. The number of unbranched alkanes of at least 4 members (excludes halogenated alkanes) is 2. The van der Waals surface area contributed by atoms with E-state index in [1.807, 2.05) is 52.0 Å². The molecule has 0 unspecified atom stereocenters. The van der Waals surface area contributed by atoms with Gasteiger partial charge in [-0.2, -0.15) is 0 Å². The van der Waals surface area contributed by atoms with Crippen molar-refractivity contribution in [2.45, 2.75) is 53.4 Å². The Kier molecular flexibility index (Phi) is 21.1. The first kappa shape index (κ1) is 43.8. The molecule has 0 bridgehead atoms. The van der Waals surface area contributed by atoms with Crippen molar-refractivity contribution in [2.75, 3.05) is 26.2 Å². The predicted octanol–water partition coefficient (Wildman–Crippen LogP) is 5.53. The molecule has 0 N–H and O–H groups in total. The zero-order valence-corrected chi connectivity index (χ0v) is 30.8. The van der Waals surface area contributed by atoms with E-state index in [1.54, 1.807) is 73.4 Å². The van der Waals surface area contributed by atoms with E-state index in [2.05, 4.69) is 20.0 Å². The summed E-state index contributed by atoms with van der Waals surface area (Å²) in [5, 5.41) is 46.5. The Hall–Kier alpha value is -4.20. The van der Waals surface area contributed by atoms with Crippen LogP contribution in [0.3, 0.4) is 0 Å². The Balaban J connectivity index is 0.000000481. The maximum absolute atomic E-state index is 11.6. The van der Waals surface area contributed by atoms with Crippen molar-refractivity contribution < 1.29 is 54.6 Å². The van der Waals surface area contributed by atoms with Gasteiger partial charge >= 0.3 is 34.1 Å². The summed E-state index contributed by atoms with van der Waals surface area (Å²) >= 11 is 0. The molecule has 0 aliphatic carbocycles. The first-order valence-electron chi connectivity index (χ1n) is 16.2. The normalized spacial score (nSPS) is 11.1. The maximum Gasteiger partial charge on any atom is 2.00 e. The number of aliphatic imine (C=N–C) groups is 4. The summed E-state index contributed by atoms with van der Waals surface area (Å²) < 4.78 is 0. The molecule has 0 fully saturated rings. The zero-order chi connectivity index (χ0) is 34.7. The summed E-state index contributed by atoms with van der Waals surface area (Å²) in [5.74, 6) is 0.00193. The van der Waals surface area contributed by atoms with Crippen molar-refractivity contribution in [1.29, 1.82) is 0 Å². The van der Waals surface area contributed by atoms with E-state index in [-0.39, 0.29) is 57.1 Å². The van der Waals surface area contributed by atoms with Crippen molar-refractivity contribution in [3.8, 4) is 23.0 Å². The molecular weight excluding hydrogens is 728 g/mol. The molecule has 2 radical (unpaired) electrons. The van der Waals surface area contributed by atoms with Gasteiger partial charge < -0.3 is 20.4 Å². The largest absolute Gasteiger partial charge is 2.00 e. The van der Waals surface area contributed by atoms with Crippen LogP contribution in [-0.4, -0.2) is 51.0 Å². The fourth-order valence-electron chi connectivity index (χ4n) is 4.54. The Morgan fingerprint density at radius 2 is 0.580 bits per heavy atom. The molecule has 50 heavy (non-hydrogen) atoms. The van der Waals surface area contributed by atoms with Crippen LogP contribution in [-0.2, 0) is 34.1 Å². The third-order valence-electron chi connectivity index (χ3n) is 7.23. The first-order chi connectivity index (χ1) is 23.1. The SMILES string of the molecule is Cc1ccc([O-])c(C=NCCCCN=Cc2cc(C)ccc2[O-])c1.Cc1ccc([O-])c(C=NCCCCN=Cc2cc(C)ccc2[O-])c1.[Cu+2].[Cu+2]. The van der Waals surface area contributed by atoms with Gasteiger partial charge in [-0.05, 0) is 75.6 Å². The molecule has 0 heterocycles. The summed E-state index contributed by atoms with van der Waals surface area (Å²) in [5.41, 5.74) is 6.76. The predicted molar refractivity (Wildman–Crippen MR) is 191 cm³/mol. The molecule has 270 valence electrons. The number of hydrogen-bond donors (Lipinski definition) is 0. The van der Waals surface area contributed by atoms with Crippen LogP contribution < -0.4 is 20.4 Å². The van der Waals surface area contributed by atoms with E-state index >= 15 is 0 Å². The molecule has 0 saturated heterocycles. The van der Waals surface area contributed by atoms with Gasteiger partial charge in [0, 0.05) is 51.0 Å². The van der Waals surface area contributed by atoms with Crippen molar-refractivity contribution >= 4 is 24.9 Å². The molecule has 8 nitrogen and oxygen atoms in total. The van der Waals surface area contributed by atoms with E-state index in [0.29, 0.717) is 48.4 Å². The first-order valence-corrected chi connectivity index (χ1v) is 16.2. The van der Waals surface area contributed by atoms with Crippen LogP contribution in [0.5, 0.6) is 23.0 Å². The summed E-state index contributed by atoms with van der Waals surface area (Å²) in [6.45, 7) is 10.5. The van der Waals surface area contributed by atoms with Gasteiger partial charge in [-0.25, -0.2) is 0 Å². The summed E-state index contributed by atoms with van der Waals surface area (Å²) in [4.78, 5) is 17.2. The average Bonchev–Trinajstić information content (AvgIpc) is 3.06. The molecule has 4 rings (SSSR count). The van der Waals surface area contributed by atoms with Gasteiger partial charge in [0.1, 0.15) is 0 Å². The van der Waals surface area contributed by atoms with Gasteiger partial charge in [-0.3, -0.25) is 20.0 Å². The van der Waals surface area contributed by atoms with E-state index in [1.165, 1.54) is 0 Å². The second-order valence-electron chi connectivity index (χ2n) is 11.7. The van der Waals surface area contributed by atoms with E-state index in [9.17, 15) is 20.4 Å². The number of hydrogen-bond acceptors (Lipinski definition) is 8. The Labute approximate surface area is 317 Å². The van der Waals surface area contributed by atoms with Crippen molar-refractivity contribution in [1.82, 2.24) is 0 Å². The third kappa shape index (κ3) is 16.5. The van der Waals surface area contributed by atoms with Crippen molar-refractivity contribution in [3.05, 3.63) is 117 Å². The van der Waals surface area contributed by atoms with Crippen LogP contribution in [0.15, 0.2) is 92.8 Å². The van der Waals surface area contributed by atoms with E-state index in [0.717, 1.165) is 47.9 Å². The molecule has 0 spiro atoms. The van der Waals surface area contributed by atoms with Crippen LogP contribution in [0.1, 0.15) is 70.2 Å².